The summed E-state index contributed by atoms with van der Waals surface area (Å²) >= 11 is 3.36. The van der Waals surface area contributed by atoms with Gasteiger partial charge in [0.25, 0.3) is 5.91 Å². The predicted octanol–water partition coefficient (Wildman–Crippen LogP) is 3.52. The minimum Gasteiger partial charge on any atom is -0.474 e. The van der Waals surface area contributed by atoms with Crippen molar-refractivity contribution in [3.63, 3.8) is 0 Å². The summed E-state index contributed by atoms with van der Waals surface area (Å²) in [5, 5.41) is 2.86. The van der Waals surface area contributed by atoms with Crippen LogP contribution in [0.3, 0.4) is 0 Å². The molecule has 1 amide bonds. The van der Waals surface area contributed by atoms with Crippen LogP contribution in [0.4, 0.5) is 5.69 Å². The van der Waals surface area contributed by atoms with Gasteiger partial charge in [0.2, 0.25) is 6.10 Å². The average Bonchev–Trinajstić information content (AvgIpc) is 2.39. The number of hydrogen-bond acceptors (Lipinski definition) is 2. The Bertz CT molecular complexity index is 598. The molecule has 0 fully saturated rings. The van der Waals surface area contributed by atoms with E-state index < -0.39 is 6.10 Å². The van der Waals surface area contributed by atoms with Crippen molar-refractivity contribution in [3.05, 3.63) is 58.6 Å². The van der Waals surface area contributed by atoms with Gasteiger partial charge >= 0.3 is 0 Å². The topological polar surface area (TPSA) is 38.3 Å². The fraction of sp³-hybridized carbons (Fsp3) is 0.0714. The molecular weight excluding hydrogens is 294 g/mol. The molecule has 0 aromatic heterocycles. The van der Waals surface area contributed by atoms with Gasteiger partial charge in [0.15, 0.2) is 0 Å². The van der Waals surface area contributed by atoms with Crippen molar-refractivity contribution in [3.8, 4) is 5.75 Å². The van der Waals surface area contributed by atoms with Crippen LogP contribution in [0.15, 0.2) is 53.0 Å². The zero-order valence-corrected chi connectivity index (χ0v) is 11.0. The first kappa shape index (κ1) is 11.3. The number of carbonyl (C=O) groups is 1. The molecule has 0 bridgehead atoms. The summed E-state index contributed by atoms with van der Waals surface area (Å²) in [5.41, 5.74) is 1.55. The lowest BCUT2D eigenvalue weighted by Crippen LogP contribution is -2.30. The number of fused-ring (bicyclic) bond motifs is 1. The molecule has 0 saturated heterocycles. The van der Waals surface area contributed by atoms with E-state index in [1.165, 1.54) is 0 Å². The van der Waals surface area contributed by atoms with E-state index in [4.69, 9.17) is 4.74 Å². The second-order valence-corrected chi connectivity index (χ2v) is 4.95. The molecule has 0 spiro atoms. The first-order valence-electron chi connectivity index (χ1n) is 5.56. The molecule has 3 nitrogen and oxygen atoms in total. The third-order valence-corrected chi connectivity index (χ3v) is 3.28. The summed E-state index contributed by atoms with van der Waals surface area (Å²) in [4.78, 5) is 12.0. The molecule has 90 valence electrons. The number of rotatable bonds is 1. The lowest BCUT2D eigenvalue weighted by molar-refractivity contribution is -0.123. The maximum Gasteiger partial charge on any atom is 0.270 e. The average molecular weight is 304 g/mol. The summed E-state index contributed by atoms with van der Waals surface area (Å²) < 4.78 is 6.66. The highest BCUT2D eigenvalue weighted by Gasteiger charge is 2.28. The van der Waals surface area contributed by atoms with Crippen molar-refractivity contribution < 1.29 is 9.53 Å². The van der Waals surface area contributed by atoms with Crippen LogP contribution in [0, 0.1) is 0 Å². The second-order valence-electron chi connectivity index (χ2n) is 4.04. The van der Waals surface area contributed by atoms with E-state index in [1.807, 2.05) is 48.5 Å². The second kappa shape index (κ2) is 4.46. The summed E-state index contributed by atoms with van der Waals surface area (Å²) in [7, 11) is 0. The van der Waals surface area contributed by atoms with Crippen LogP contribution >= 0.6 is 15.9 Å². The normalized spacial score (nSPS) is 17.6. The third kappa shape index (κ3) is 1.99. The monoisotopic (exact) mass is 303 g/mol. The van der Waals surface area contributed by atoms with Gasteiger partial charge < -0.3 is 10.1 Å². The highest BCUT2D eigenvalue weighted by atomic mass is 79.9. The Morgan fingerprint density at radius 3 is 2.67 bits per heavy atom. The number of benzene rings is 2. The fourth-order valence-corrected chi connectivity index (χ4v) is 2.29. The molecule has 2 aromatic carbocycles. The molecule has 1 unspecified atom stereocenters. The van der Waals surface area contributed by atoms with Gasteiger partial charge in [-0.1, -0.05) is 46.3 Å². The maximum atomic E-state index is 12.0. The standard InChI is InChI=1S/C14H10BrNO2/c15-10-6-7-12-11(8-10)16-14(17)13(18-12)9-4-2-1-3-5-9/h1-8,13H,(H,16,17). The van der Waals surface area contributed by atoms with Gasteiger partial charge in [0.1, 0.15) is 5.75 Å². The summed E-state index contributed by atoms with van der Waals surface area (Å²) in [6.45, 7) is 0. The van der Waals surface area contributed by atoms with Gasteiger partial charge in [-0.3, -0.25) is 4.79 Å². The number of halogens is 1. The highest BCUT2D eigenvalue weighted by Crippen LogP contribution is 2.36. The summed E-state index contributed by atoms with van der Waals surface area (Å²) in [5.74, 6) is 0.540. The Morgan fingerprint density at radius 1 is 1.11 bits per heavy atom. The first-order valence-corrected chi connectivity index (χ1v) is 6.35. The molecular formula is C14H10BrNO2. The minimum absolute atomic E-state index is 0.146. The number of carbonyl (C=O) groups excluding carboxylic acids is 1. The van der Waals surface area contributed by atoms with Crippen LogP contribution in [0.25, 0.3) is 0 Å². The van der Waals surface area contributed by atoms with Crippen molar-refractivity contribution in [1.29, 1.82) is 0 Å². The fourth-order valence-electron chi connectivity index (χ4n) is 1.93. The minimum atomic E-state index is -0.583. The van der Waals surface area contributed by atoms with Gasteiger partial charge in [0.05, 0.1) is 5.69 Å². The Balaban J connectivity index is 1.97. The highest BCUT2D eigenvalue weighted by molar-refractivity contribution is 9.10. The molecule has 0 aliphatic carbocycles. The number of anilines is 1. The van der Waals surface area contributed by atoms with Crippen LogP contribution in [-0.2, 0) is 4.79 Å². The molecule has 2 aromatic rings. The van der Waals surface area contributed by atoms with Gasteiger partial charge in [-0.15, -0.1) is 0 Å². The van der Waals surface area contributed by atoms with Gasteiger partial charge in [-0.05, 0) is 18.2 Å². The smallest absolute Gasteiger partial charge is 0.270 e. The predicted molar refractivity (Wildman–Crippen MR) is 72.6 cm³/mol. The number of hydrogen-bond donors (Lipinski definition) is 1. The molecule has 1 atom stereocenters. The summed E-state index contributed by atoms with van der Waals surface area (Å²) in [6, 6.07) is 15.0. The number of amides is 1. The lowest BCUT2D eigenvalue weighted by Gasteiger charge is -2.26. The van der Waals surface area contributed by atoms with Crippen LogP contribution in [0.2, 0.25) is 0 Å². The zero-order valence-electron chi connectivity index (χ0n) is 9.39. The molecule has 3 rings (SSSR count). The zero-order chi connectivity index (χ0) is 12.5. The van der Waals surface area contributed by atoms with Crippen LogP contribution in [-0.4, -0.2) is 5.91 Å². The number of nitrogens with one attached hydrogen (secondary N) is 1. The van der Waals surface area contributed by atoms with Crippen LogP contribution in [0.5, 0.6) is 5.75 Å². The first-order chi connectivity index (χ1) is 8.74. The largest absolute Gasteiger partial charge is 0.474 e. The van der Waals surface area contributed by atoms with Crippen molar-refractivity contribution in [2.24, 2.45) is 0 Å². The van der Waals surface area contributed by atoms with Crippen molar-refractivity contribution in [2.45, 2.75) is 6.10 Å². The Morgan fingerprint density at radius 2 is 1.89 bits per heavy atom. The van der Waals surface area contributed by atoms with Crippen LogP contribution < -0.4 is 10.1 Å². The molecule has 18 heavy (non-hydrogen) atoms. The molecule has 1 N–H and O–H groups in total. The van der Waals surface area contributed by atoms with Crippen molar-refractivity contribution >= 4 is 27.5 Å². The van der Waals surface area contributed by atoms with E-state index in [9.17, 15) is 4.79 Å². The molecule has 1 aliphatic rings. The molecule has 4 heteroatoms. The SMILES string of the molecule is O=C1Nc2cc(Br)ccc2OC1c1ccccc1. The molecule has 1 aliphatic heterocycles. The molecule has 0 radical (unpaired) electrons. The van der Waals surface area contributed by atoms with Gasteiger partial charge in [-0.2, -0.15) is 0 Å². The van der Waals surface area contributed by atoms with Gasteiger partial charge in [0, 0.05) is 10.0 Å². The van der Waals surface area contributed by atoms with E-state index in [1.54, 1.807) is 0 Å². The maximum absolute atomic E-state index is 12.0. The van der Waals surface area contributed by atoms with E-state index in [-0.39, 0.29) is 5.91 Å². The van der Waals surface area contributed by atoms with E-state index in [2.05, 4.69) is 21.2 Å². The Labute approximate surface area is 113 Å². The molecule has 1 heterocycles. The Hall–Kier alpha value is -1.81. The lowest BCUT2D eigenvalue weighted by atomic mass is 10.1. The summed E-state index contributed by atoms with van der Waals surface area (Å²) in [6.07, 6.45) is -0.583. The van der Waals surface area contributed by atoms with Gasteiger partial charge in [-0.25, -0.2) is 0 Å². The van der Waals surface area contributed by atoms with E-state index in [0.29, 0.717) is 11.4 Å². The number of ether oxygens (including phenoxy) is 1. The quantitative estimate of drug-likeness (QED) is 0.875. The van der Waals surface area contributed by atoms with Crippen molar-refractivity contribution in [1.82, 2.24) is 0 Å². The van der Waals surface area contributed by atoms with E-state index >= 15 is 0 Å². The molecule has 0 saturated carbocycles. The Kier molecular flexibility index (Phi) is 2.80. The van der Waals surface area contributed by atoms with Crippen LogP contribution in [0.1, 0.15) is 11.7 Å². The van der Waals surface area contributed by atoms with Crippen molar-refractivity contribution in [2.75, 3.05) is 5.32 Å². The third-order valence-electron chi connectivity index (χ3n) is 2.78. The van der Waals surface area contributed by atoms with E-state index in [0.717, 1.165) is 10.0 Å².